The first-order valence-corrected chi connectivity index (χ1v) is 6.99. The summed E-state index contributed by atoms with van der Waals surface area (Å²) in [5, 5.41) is 0.469. The van der Waals surface area contributed by atoms with Gasteiger partial charge in [-0.15, -0.1) is 0 Å². The number of hydrogen-bond donors (Lipinski definition) is 0. The molecule has 0 amide bonds. The van der Waals surface area contributed by atoms with Crippen molar-refractivity contribution in [2.24, 2.45) is 0 Å². The van der Waals surface area contributed by atoms with Crippen molar-refractivity contribution in [1.29, 1.82) is 0 Å². The zero-order chi connectivity index (χ0) is 13.3. The molecule has 2 aromatic rings. The summed E-state index contributed by atoms with van der Waals surface area (Å²) in [5.41, 5.74) is 4.34. The Morgan fingerprint density at radius 2 is 1.72 bits per heavy atom. The Kier molecular flexibility index (Phi) is 4.03. The van der Waals surface area contributed by atoms with Crippen molar-refractivity contribution in [1.82, 2.24) is 9.97 Å². The first-order chi connectivity index (χ1) is 8.51. The second-order valence-corrected chi connectivity index (χ2v) is 5.48. The molecule has 0 unspecified atom stereocenters. The van der Waals surface area contributed by atoms with E-state index in [2.05, 4.69) is 64.9 Å². The van der Waals surface area contributed by atoms with E-state index in [1.54, 1.807) is 0 Å². The number of hydrogen-bond acceptors (Lipinski definition) is 2. The second-order valence-electron chi connectivity index (χ2n) is 4.33. The topological polar surface area (TPSA) is 25.8 Å². The smallest absolute Gasteiger partial charge is 0.161 e. The molecule has 94 valence electrons. The number of aryl methyl sites for hydroxylation is 3. The van der Waals surface area contributed by atoms with Gasteiger partial charge in [0.1, 0.15) is 5.15 Å². The predicted octanol–water partition coefficient (Wildman–Crippen LogP) is 4.74. The quantitative estimate of drug-likeness (QED) is 0.745. The Morgan fingerprint density at radius 3 is 2.28 bits per heavy atom. The summed E-state index contributed by atoms with van der Waals surface area (Å²) >= 11 is 9.55. The van der Waals surface area contributed by atoms with Crippen LogP contribution in [0.1, 0.15) is 23.7 Å². The Balaban J connectivity index is 2.60. The molecule has 0 fully saturated rings. The second kappa shape index (κ2) is 5.37. The maximum Gasteiger partial charge on any atom is 0.161 e. The molecule has 4 heteroatoms. The van der Waals surface area contributed by atoms with Gasteiger partial charge in [-0.3, -0.25) is 0 Å². The molecule has 0 spiro atoms. The summed E-state index contributed by atoms with van der Waals surface area (Å²) in [7, 11) is 0. The fourth-order valence-corrected chi connectivity index (χ4v) is 2.58. The van der Waals surface area contributed by atoms with Gasteiger partial charge in [-0.2, -0.15) is 0 Å². The van der Waals surface area contributed by atoms with Crippen LogP contribution in [0.3, 0.4) is 0 Å². The molecule has 0 atom stereocenters. The Hall–Kier alpha value is -0.930. The monoisotopic (exact) mass is 324 g/mol. The van der Waals surface area contributed by atoms with E-state index in [-0.39, 0.29) is 0 Å². The molecule has 1 aromatic carbocycles. The van der Waals surface area contributed by atoms with E-state index < -0.39 is 0 Å². The normalized spacial score (nSPS) is 10.7. The van der Waals surface area contributed by atoms with Gasteiger partial charge in [-0.05, 0) is 48.3 Å². The van der Waals surface area contributed by atoms with E-state index >= 15 is 0 Å². The van der Waals surface area contributed by atoms with Crippen LogP contribution in [-0.4, -0.2) is 9.97 Å². The molecular formula is C14H14BrClN2. The zero-order valence-electron chi connectivity index (χ0n) is 10.6. The largest absolute Gasteiger partial charge is 0.232 e. The molecular weight excluding hydrogens is 312 g/mol. The lowest BCUT2D eigenvalue weighted by Gasteiger charge is -2.08. The van der Waals surface area contributed by atoms with Gasteiger partial charge in [0.15, 0.2) is 5.82 Å². The van der Waals surface area contributed by atoms with Gasteiger partial charge in [0.05, 0.1) is 10.2 Å². The maximum atomic E-state index is 6.13. The van der Waals surface area contributed by atoms with Crippen LogP contribution in [-0.2, 0) is 6.42 Å². The van der Waals surface area contributed by atoms with Crippen molar-refractivity contribution in [2.75, 3.05) is 0 Å². The molecule has 1 heterocycles. The zero-order valence-corrected chi connectivity index (χ0v) is 12.9. The summed E-state index contributed by atoms with van der Waals surface area (Å²) in [4.78, 5) is 8.90. The molecule has 0 aliphatic carbocycles. The molecule has 0 aliphatic rings. The van der Waals surface area contributed by atoms with Gasteiger partial charge in [-0.1, -0.05) is 35.7 Å². The highest BCUT2D eigenvalue weighted by atomic mass is 79.9. The molecule has 0 radical (unpaired) electrons. The highest BCUT2D eigenvalue weighted by molar-refractivity contribution is 9.10. The van der Waals surface area contributed by atoms with Gasteiger partial charge in [-0.25, -0.2) is 9.97 Å². The number of benzene rings is 1. The Labute approximate surface area is 121 Å². The summed E-state index contributed by atoms with van der Waals surface area (Å²) < 4.78 is 0.791. The first-order valence-electron chi connectivity index (χ1n) is 5.82. The van der Waals surface area contributed by atoms with Crippen molar-refractivity contribution < 1.29 is 0 Å². The van der Waals surface area contributed by atoms with E-state index in [0.29, 0.717) is 11.0 Å². The third-order valence-electron chi connectivity index (χ3n) is 2.69. The number of halogens is 2. The van der Waals surface area contributed by atoms with Crippen molar-refractivity contribution >= 4 is 27.5 Å². The number of nitrogens with zero attached hydrogens (tertiary/aromatic N) is 2. The van der Waals surface area contributed by atoms with E-state index in [4.69, 9.17) is 11.6 Å². The fraction of sp³-hybridized carbons (Fsp3) is 0.286. The SMILES string of the molecule is CCc1nc(-c2cc(C)cc(C)c2)nc(Cl)c1Br. The van der Waals surface area contributed by atoms with E-state index in [1.807, 2.05) is 0 Å². The summed E-state index contributed by atoms with van der Waals surface area (Å²) in [6.45, 7) is 6.18. The Bertz CT molecular complexity index is 576. The maximum absolute atomic E-state index is 6.13. The minimum Gasteiger partial charge on any atom is -0.232 e. The molecule has 0 aliphatic heterocycles. The minimum atomic E-state index is 0.469. The van der Waals surface area contributed by atoms with Crippen molar-refractivity contribution in [3.63, 3.8) is 0 Å². The fourth-order valence-electron chi connectivity index (χ4n) is 1.93. The molecule has 18 heavy (non-hydrogen) atoms. The van der Waals surface area contributed by atoms with Gasteiger partial charge < -0.3 is 0 Å². The summed E-state index contributed by atoms with van der Waals surface area (Å²) in [6.07, 6.45) is 0.820. The lowest BCUT2D eigenvalue weighted by atomic mass is 10.1. The van der Waals surface area contributed by atoms with Crippen LogP contribution in [0.5, 0.6) is 0 Å². The Morgan fingerprint density at radius 1 is 1.11 bits per heavy atom. The molecule has 0 N–H and O–H groups in total. The van der Waals surface area contributed by atoms with Gasteiger partial charge in [0.25, 0.3) is 0 Å². The van der Waals surface area contributed by atoms with E-state index in [0.717, 1.165) is 22.2 Å². The van der Waals surface area contributed by atoms with Gasteiger partial charge >= 0.3 is 0 Å². The molecule has 1 aromatic heterocycles. The predicted molar refractivity (Wildman–Crippen MR) is 79.0 cm³/mol. The molecule has 2 nitrogen and oxygen atoms in total. The highest BCUT2D eigenvalue weighted by Gasteiger charge is 2.11. The molecule has 0 bridgehead atoms. The minimum absolute atomic E-state index is 0.469. The third kappa shape index (κ3) is 2.73. The molecule has 0 saturated carbocycles. The van der Waals surface area contributed by atoms with Gasteiger partial charge in [0, 0.05) is 5.56 Å². The number of aromatic nitrogens is 2. The third-order valence-corrected chi connectivity index (χ3v) is 4.03. The van der Waals surface area contributed by atoms with E-state index in [1.165, 1.54) is 11.1 Å². The van der Waals surface area contributed by atoms with Crippen LogP contribution in [0.15, 0.2) is 22.7 Å². The van der Waals surface area contributed by atoms with Crippen LogP contribution >= 0.6 is 27.5 Å². The average Bonchev–Trinajstić information content (AvgIpc) is 2.31. The lowest BCUT2D eigenvalue weighted by Crippen LogP contribution is -1.98. The van der Waals surface area contributed by atoms with Crippen molar-refractivity contribution in [3.05, 3.63) is 44.6 Å². The van der Waals surface area contributed by atoms with Crippen molar-refractivity contribution in [3.8, 4) is 11.4 Å². The van der Waals surface area contributed by atoms with Crippen LogP contribution < -0.4 is 0 Å². The average molecular weight is 326 g/mol. The first kappa shape index (κ1) is 13.5. The van der Waals surface area contributed by atoms with Crippen molar-refractivity contribution in [2.45, 2.75) is 27.2 Å². The van der Waals surface area contributed by atoms with Crippen LogP contribution in [0, 0.1) is 13.8 Å². The van der Waals surface area contributed by atoms with Crippen LogP contribution in [0.2, 0.25) is 5.15 Å². The lowest BCUT2D eigenvalue weighted by molar-refractivity contribution is 0.990. The summed E-state index contributed by atoms with van der Waals surface area (Å²) in [5.74, 6) is 0.687. The van der Waals surface area contributed by atoms with E-state index in [9.17, 15) is 0 Å². The number of rotatable bonds is 2. The molecule has 0 saturated heterocycles. The molecule has 2 rings (SSSR count). The summed E-state index contributed by atoms with van der Waals surface area (Å²) in [6, 6.07) is 6.28. The van der Waals surface area contributed by atoms with Crippen LogP contribution in [0.25, 0.3) is 11.4 Å². The van der Waals surface area contributed by atoms with Crippen LogP contribution in [0.4, 0.5) is 0 Å². The van der Waals surface area contributed by atoms with Gasteiger partial charge in [0.2, 0.25) is 0 Å². The standard InChI is InChI=1S/C14H14BrClN2/c1-4-11-12(15)13(16)18-14(17-11)10-6-8(2)5-9(3)7-10/h5-7H,4H2,1-3H3. The highest BCUT2D eigenvalue weighted by Crippen LogP contribution is 2.28.